The van der Waals surface area contributed by atoms with Gasteiger partial charge in [0.15, 0.2) is 6.10 Å². The molecule has 9 nitrogen and oxygen atoms in total. The summed E-state index contributed by atoms with van der Waals surface area (Å²) < 4.78 is 34.4. The van der Waals surface area contributed by atoms with E-state index in [9.17, 15) is 19.0 Å². The highest BCUT2D eigenvalue weighted by Gasteiger charge is 2.27. The number of likely N-dealkylation sites (N-methyl/N-ethyl adjacent to an activating group) is 1. The molecule has 0 amide bonds. The second-order valence-corrected chi connectivity index (χ2v) is 19.3. The summed E-state index contributed by atoms with van der Waals surface area (Å²) in [6.45, 7) is 4.43. The summed E-state index contributed by atoms with van der Waals surface area (Å²) in [5.41, 5.74) is 0. The monoisotopic (exact) mass is 857 g/mol. The second kappa shape index (κ2) is 41.8. The van der Waals surface area contributed by atoms with Gasteiger partial charge in [-0.15, -0.1) is 0 Å². The summed E-state index contributed by atoms with van der Waals surface area (Å²) in [5, 5.41) is 0. The number of esters is 2. The number of quaternary nitrogens is 1. The summed E-state index contributed by atoms with van der Waals surface area (Å²) in [7, 11) is 1.48. The highest BCUT2D eigenvalue weighted by atomic mass is 31.2. The molecule has 1 unspecified atom stereocenters. The summed E-state index contributed by atoms with van der Waals surface area (Å²) in [6, 6.07) is 0. The maximum atomic E-state index is 12.7. The molecule has 0 aromatic rings. The Labute approximate surface area is 364 Å². The molecule has 0 aliphatic rings. The van der Waals surface area contributed by atoms with E-state index in [1.54, 1.807) is 0 Å². The van der Waals surface area contributed by atoms with Crippen molar-refractivity contribution in [3.63, 3.8) is 0 Å². The Morgan fingerprint density at radius 3 is 1.37 bits per heavy atom. The molecule has 0 saturated heterocycles. The largest absolute Gasteiger partial charge is 0.472 e. The van der Waals surface area contributed by atoms with Crippen molar-refractivity contribution in [1.82, 2.24) is 0 Å². The highest BCUT2D eigenvalue weighted by Crippen LogP contribution is 2.43. The number of rotatable bonds is 45. The third-order valence-corrected chi connectivity index (χ3v) is 11.7. The van der Waals surface area contributed by atoms with Gasteiger partial charge in [0.1, 0.15) is 19.8 Å². The molecule has 0 fully saturated rings. The molecule has 0 aromatic heterocycles. The molecule has 59 heavy (non-hydrogen) atoms. The van der Waals surface area contributed by atoms with Crippen LogP contribution < -0.4 is 0 Å². The fourth-order valence-corrected chi connectivity index (χ4v) is 7.61. The van der Waals surface area contributed by atoms with Crippen LogP contribution in [-0.4, -0.2) is 74.9 Å². The van der Waals surface area contributed by atoms with Crippen LogP contribution in [0.3, 0.4) is 0 Å². The standard InChI is InChI=1S/C49H94NO8P/c1-6-8-10-12-14-16-18-20-22-24-25-26-28-29-31-33-35-37-39-41-48(51)55-45-47(46-57-59(53,54)56-44-43-50(3,4)5)58-49(52)42-40-38-36-34-32-30-27-23-21-19-17-15-13-11-9-7-2/h14,16,20,22,47H,6-13,15,17-19,21,23-46H2,1-5H3/p+1/b16-14+,22-20+/t47-/m1/s1. The summed E-state index contributed by atoms with van der Waals surface area (Å²) >= 11 is 0. The van der Waals surface area contributed by atoms with Crippen LogP contribution in [0.25, 0.3) is 0 Å². The first-order valence-electron chi connectivity index (χ1n) is 24.6. The molecule has 0 bridgehead atoms. The molecule has 10 heteroatoms. The number of phosphoric acid groups is 1. The van der Waals surface area contributed by atoms with E-state index in [-0.39, 0.29) is 32.0 Å². The van der Waals surface area contributed by atoms with Gasteiger partial charge in [0.2, 0.25) is 0 Å². The predicted octanol–water partition coefficient (Wildman–Crippen LogP) is 14.3. The second-order valence-electron chi connectivity index (χ2n) is 17.9. The van der Waals surface area contributed by atoms with Gasteiger partial charge in [-0.3, -0.25) is 18.6 Å². The van der Waals surface area contributed by atoms with Crippen LogP contribution in [0.15, 0.2) is 24.3 Å². The Morgan fingerprint density at radius 1 is 0.525 bits per heavy atom. The first-order valence-corrected chi connectivity index (χ1v) is 26.1. The normalized spacial score (nSPS) is 13.7. The van der Waals surface area contributed by atoms with Gasteiger partial charge in [0.05, 0.1) is 27.7 Å². The number of unbranched alkanes of at least 4 members (excludes halogenated alkanes) is 27. The zero-order valence-corrected chi connectivity index (χ0v) is 40.1. The Kier molecular flexibility index (Phi) is 40.8. The van der Waals surface area contributed by atoms with Crippen LogP contribution in [0.1, 0.15) is 226 Å². The lowest BCUT2D eigenvalue weighted by atomic mass is 10.0. The average molecular weight is 857 g/mol. The van der Waals surface area contributed by atoms with E-state index >= 15 is 0 Å². The van der Waals surface area contributed by atoms with Crippen LogP contribution >= 0.6 is 7.82 Å². The molecule has 0 spiro atoms. The van der Waals surface area contributed by atoms with Crippen LogP contribution in [0, 0.1) is 0 Å². The average Bonchev–Trinajstić information content (AvgIpc) is 3.19. The van der Waals surface area contributed by atoms with Gasteiger partial charge in [-0.05, 0) is 44.9 Å². The molecule has 0 heterocycles. The van der Waals surface area contributed by atoms with E-state index in [1.165, 1.54) is 154 Å². The van der Waals surface area contributed by atoms with Crippen molar-refractivity contribution in [2.45, 2.75) is 232 Å². The minimum atomic E-state index is -4.37. The molecule has 348 valence electrons. The molecular formula is C49H95NO8P+. The van der Waals surface area contributed by atoms with Crippen molar-refractivity contribution in [3.05, 3.63) is 24.3 Å². The van der Waals surface area contributed by atoms with Gasteiger partial charge in [0, 0.05) is 12.8 Å². The summed E-state index contributed by atoms with van der Waals surface area (Å²) in [5.74, 6) is -0.792. The summed E-state index contributed by atoms with van der Waals surface area (Å²) in [6.07, 6.45) is 46.5. The zero-order valence-electron chi connectivity index (χ0n) is 39.2. The first-order chi connectivity index (χ1) is 28.5. The van der Waals surface area contributed by atoms with Gasteiger partial charge >= 0.3 is 19.8 Å². The molecular weight excluding hydrogens is 762 g/mol. The van der Waals surface area contributed by atoms with Crippen molar-refractivity contribution < 1.29 is 42.1 Å². The third-order valence-electron chi connectivity index (χ3n) is 10.7. The Morgan fingerprint density at radius 2 is 0.915 bits per heavy atom. The molecule has 2 atom stereocenters. The minimum absolute atomic E-state index is 0.0333. The van der Waals surface area contributed by atoms with E-state index in [1.807, 2.05) is 21.1 Å². The lowest BCUT2D eigenvalue weighted by Crippen LogP contribution is -2.37. The molecule has 0 saturated carbocycles. The lowest BCUT2D eigenvalue weighted by Gasteiger charge is -2.24. The third kappa shape index (κ3) is 45.8. The number of hydrogen-bond acceptors (Lipinski definition) is 7. The number of carbonyl (C=O) groups is 2. The lowest BCUT2D eigenvalue weighted by molar-refractivity contribution is -0.870. The number of allylic oxidation sites excluding steroid dienone is 4. The van der Waals surface area contributed by atoms with Gasteiger partial charge in [-0.2, -0.15) is 0 Å². The number of hydrogen-bond donors (Lipinski definition) is 1. The van der Waals surface area contributed by atoms with Gasteiger partial charge in [0.25, 0.3) is 0 Å². The minimum Gasteiger partial charge on any atom is -0.462 e. The molecule has 0 rings (SSSR count). The van der Waals surface area contributed by atoms with Crippen molar-refractivity contribution >= 4 is 19.8 Å². The van der Waals surface area contributed by atoms with E-state index in [2.05, 4.69) is 38.2 Å². The first kappa shape index (κ1) is 57.5. The van der Waals surface area contributed by atoms with Gasteiger partial charge in [-0.1, -0.05) is 192 Å². The van der Waals surface area contributed by atoms with Crippen LogP contribution in [0.4, 0.5) is 0 Å². The fraction of sp³-hybridized carbons (Fsp3) is 0.878. The summed E-state index contributed by atoms with van der Waals surface area (Å²) in [4.78, 5) is 35.5. The molecule has 0 radical (unpaired) electrons. The SMILES string of the molecule is CCCCC/C=C/C/C=C/CCCCCCCCCCCC(=O)OC[C@H](COP(=O)(O)OCC[N+](C)(C)C)OC(=O)CCCCCCCCCCCCCCCCCC. The Hall–Kier alpha value is -1.51. The molecule has 1 N–H and O–H groups in total. The van der Waals surface area contributed by atoms with E-state index in [0.717, 1.165) is 38.5 Å². The molecule has 0 aliphatic carbocycles. The number of ether oxygens (including phenoxy) is 2. The van der Waals surface area contributed by atoms with Crippen LogP contribution in [0.2, 0.25) is 0 Å². The smallest absolute Gasteiger partial charge is 0.462 e. The van der Waals surface area contributed by atoms with E-state index < -0.39 is 26.5 Å². The Balaban J connectivity index is 4.26. The van der Waals surface area contributed by atoms with Crippen LogP contribution in [0.5, 0.6) is 0 Å². The number of nitrogens with zero attached hydrogens (tertiary/aromatic N) is 1. The topological polar surface area (TPSA) is 108 Å². The molecule has 0 aliphatic heterocycles. The van der Waals surface area contributed by atoms with Gasteiger partial charge in [-0.25, -0.2) is 4.57 Å². The van der Waals surface area contributed by atoms with Gasteiger partial charge < -0.3 is 18.9 Å². The van der Waals surface area contributed by atoms with Crippen molar-refractivity contribution in [2.75, 3.05) is 47.5 Å². The maximum Gasteiger partial charge on any atom is 0.472 e. The van der Waals surface area contributed by atoms with Crippen LogP contribution in [-0.2, 0) is 32.7 Å². The van der Waals surface area contributed by atoms with Crippen molar-refractivity contribution in [2.24, 2.45) is 0 Å². The maximum absolute atomic E-state index is 12.7. The fourth-order valence-electron chi connectivity index (χ4n) is 6.87. The highest BCUT2D eigenvalue weighted by molar-refractivity contribution is 7.47. The zero-order chi connectivity index (χ0) is 43.6. The Bertz CT molecular complexity index is 1060. The predicted molar refractivity (Wildman–Crippen MR) is 247 cm³/mol. The molecule has 0 aromatic carbocycles. The van der Waals surface area contributed by atoms with E-state index in [0.29, 0.717) is 17.4 Å². The number of carbonyl (C=O) groups excluding carboxylic acids is 2. The van der Waals surface area contributed by atoms with Crippen molar-refractivity contribution in [1.29, 1.82) is 0 Å². The number of phosphoric ester groups is 1. The van der Waals surface area contributed by atoms with Crippen molar-refractivity contribution in [3.8, 4) is 0 Å². The quantitative estimate of drug-likeness (QED) is 0.0212. The van der Waals surface area contributed by atoms with E-state index in [4.69, 9.17) is 18.5 Å².